The van der Waals surface area contributed by atoms with Crippen molar-refractivity contribution in [3.05, 3.63) is 0 Å². The van der Waals surface area contributed by atoms with Gasteiger partial charge in [0.15, 0.2) is 0 Å². The molecule has 1 aliphatic heterocycles. The van der Waals surface area contributed by atoms with E-state index in [9.17, 15) is 5.11 Å². The Hall–Kier alpha value is -0.0800. The summed E-state index contributed by atoms with van der Waals surface area (Å²) < 4.78 is 5.68. The fraction of sp³-hybridized carbons (Fsp3) is 1.00. The van der Waals surface area contributed by atoms with Crippen molar-refractivity contribution < 1.29 is 9.84 Å². The summed E-state index contributed by atoms with van der Waals surface area (Å²) >= 11 is 0. The lowest BCUT2D eigenvalue weighted by molar-refractivity contribution is -0.0454. The Morgan fingerprint density at radius 3 is 2.31 bits per heavy atom. The highest BCUT2D eigenvalue weighted by molar-refractivity contribution is 4.84. The summed E-state index contributed by atoms with van der Waals surface area (Å²) in [5, 5.41) is 9.36. The van der Waals surface area contributed by atoms with Crippen LogP contribution in [0.4, 0.5) is 0 Å². The van der Waals surface area contributed by atoms with Crippen LogP contribution >= 0.6 is 0 Å². The predicted molar refractivity (Wildman–Crippen MR) is 67.6 cm³/mol. The van der Waals surface area contributed by atoms with Crippen LogP contribution in [0.2, 0.25) is 0 Å². The van der Waals surface area contributed by atoms with E-state index in [0.717, 1.165) is 25.9 Å². The van der Waals surface area contributed by atoms with Gasteiger partial charge in [-0.1, -0.05) is 51.9 Å². The van der Waals surface area contributed by atoms with Crippen molar-refractivity contribution in [2.45, 2.75) is 76.7 Å². The van der Waals surface area contributed by atoms with Gasteiger partial charge in [-0.05, 0) is 19.3 Å². The van der Waals surface area contributed by atoms with E-state index in [1.807, 2.05) is 0 Å². The van der Waals surface area contributed by atoms with Crippen LogP contribution in [0.1, 0.15) is 71.1 Å². The second-order valence-corrected chi connectivity index (χ2v) is 5.16. The number of rotatable bonds is 9. The highest BCUT2D eigenvalue weighted by Gasteiger charge is 2.33. The van der Waals surface area contributed by atoms with E-state index >= 15 is 0 Å². The smallest absolute Gasteiger partial charge is 0.0912 e. The van der Waals surface area contributed by atoms with Gasteiger partial charge in [-0.15, -0.1) is 0 Å². The minimum Gasteiger partial charge on any atom is -0.393 e. The van der Waals surface area contributed by atoms with E-state index in [-0.39, 0.29) is 12.2 Å². The van der Waals surface area contributed by atoms with Gasteiger partial charge in [0.25, 0.3) is 0 Å². The summed E-state index contributed by atoms with van der Waals surface area (Å²) in [6, 6.07) is 0. The van der Waals surface area contributed by atoms with Crippen molar-refractivity contribution in [3.63, 3.8) is 0 Å². The SMILES string of the molecule is CCCCCCCCCC1(CO)CCCO1. The molecule has 0 aromatic carbocycles. The average molecular weight is 228 g/mol. The summed E-state index contributed by atoms with van der Waals surface area (Å²) in [5.41, 5.74) is -0.163. The van der Waals surface area contributed by atoms with Gasteiger partial charge in [0, 0.05) is 6.61 Å². The third kappa shape index (κ3) is 4.84. The van der Waals surface area contributed by atoms with Crippen LogP contribution in [-0.2, 0) is 4.74 Å². The Balaban J connectivity index is 1.97. The maximum atomic E-state index is 9.36. The van der Waals surface area contributed by atoms with E-state index < -0.39 is 0 Å². The molecule has 1 fully saturated rings. The molecule has 16 heavy (non-hydrogen) atoms. The summed E-state index contributed by atoms with van der Waals surface area (Å²) in [5.74, 6) is 0. The zero-order chi connectivity index (χ0) is 11.7. The zero-order valence-electron chi connectivity index (χ0n) is 10.8. The van der Waals surface area contributed by atoms with Crippen LogP contribution in [0.5, 0.6) is 0 Å². The van der Waals surface area contributed by atoms with Crippen molar-refractivity contribution >= 4 is 0 Å². The first-order valence-corrected chi connectivity index (χ1v) is 7.08. The summed E-state index contributed by atoms with van der Waals surface area (Å²) in [6.07, 6.45) is 12.6. The van der Waals surface area contributed by atoms with Gasteiger partial charge in [0.2, 0.25) is 0 Å². The predicted octanol–water partition coefficient (Wildman–Crippen LogP) is 3.67. The van der Waals surface area contributed by atoms with E-state index in [4.69, 9.17) is 4.74 Å². The van der Waals surface area contributed by atoms with Crippen LogP contribution in [0.3, 0.4) is 0 Å². The van der Waals surface area contributed by atoms with Crippen LogP contribution < -0.4 is 0 Å². The Kier molecular flexibility index (Phi) is 7.06. The minimum atomic E-state index is -0.163. The summed E-state index contributed by atoms with van der Waals surface area (Å²) in [4.78, 5) is 0. The fourth-order valence-corrected chi connectivity index (χ4v) is 2.56. The van der Waals surface area contributed by atoms with Crippen molar-refractivity contribution in [2.75, 3.05) is 13.2 Å². The van der Waals surface area contributed by atoms with Crippen LogP contribution in [0.25, 0.3) is 0 Å². The molecule has 1 unspecified atom stereocenters. The molecule has 1 heterocycles. The normalized spacial score (nSPS) is 25.1. The molecular formula is C14H28O2. The number of unbranched alkanes of at least 4 members (excludes halogenated alkanes) is 6. The lowest BCUT2D eigenvalue weighted by atomic mass is 9.93. The lowest BCUT2D eigenvalue weighted by Crippen LogP contribution is -2.32. The lowest BCUT2D eigenvalue weighted by Gasteiger charge is -2.25. The van der Waals surface area contributed by atoms with Gasteiger partial charge in [-0.3, -0.25) is 0 Å². The quantitative estimate of drug-likeness (QED) is 0.610. The molecule has 2 heteroatoms. The number of ether oxygens (including phenoxy) is 1. The van der Waals surface area contributed by atoms with Gasteiger partial charge in [0.05, 0.1) is 12.2 Å². The van der Waals surface area contributed by atoms with Crippen LogP contribution in [-0.4, -0.2) is 23.9 Å². The van der Waals surface area contributed by atoms with E-state index in [1.165, 1.54) is 44.9 Å². The third-order valence-corrected chi connectivity index (χ3v) is 3.71. The third-order valence-electron chi connectivity index (χ3n) is 3.71. The molecule has 0 saturated carbocycles. The highest BCUT2D eigenvalue weighted by atomic mass is 16.5. The number of aliphatic hydroxyl groups excluding tert-OH is 1. The van der Waals surface area contributed by atoms with E-state index in [2.05, 4.69) is 6.92 Å². The largest absolute Gasteiger partial charge is 0.393 e. The number of hydrogen-bond donors (Lipinski definition) is 1. The van der Waals surface area contributed by atoms with E-state index in [0.29, 0.717) is 0 Å². The van der Waals surface area contributed by atoms with Crippen molar-refractivity contribution in [1.29, 1.82) is 0 Å². The first-order valence-electron chi connectivity index (χ1n) is 7.08. The van der Waals surface area contributed by atoms with Gasteiger partial charge in [-0.25, -0.2) is 0 Å². The summed E-state index contributed by atoms with van der Waals surface area (Å²) in [7, 11) is 0. The molecule has 0 bridgehead atoms. The van der Waals surface area contributed by atoms with Gasteiger partial charge in [0.1, 0.15) is 0 Å². The Labute approximate surface area is 100 Å². The number of aliphatic hydroxyl groups is 1. The molecular weight excluding hydrogens is 200 g/mol. The minimum absolute atomic E-state index is 0.163. The van der Waals surface area contributed by atoms with Crippen molar-refractivity contribution in [2.24, 2.45) is 0 Å². The van der Waals surface area contributed by atoms with Crippen molar-refractivity contribution in [1.82, 2.24) is 0 Å². The summed E-state index contributed by atoms with van der Waals surface area (Å²) in [6.45, 7) is 3.31. The maximum absolute atomic E-state index is 9.36. The number of hydrogen-bond acceptors (Lipinski definition) is 2. The van der Waals surface area contributed by atoms with Gasteiger partial charge in [-0.2, -0.15) is 0 Å². The maximum Gasteiger partial charge on any atom is 0.0912 e. The van der Waals surface area contributed by atoms with E-state index in [1.54, 1.807) is 0 Å². The second-order valence-electron chi connectivity index (χ2n) is 5.16. The Bertz CT molecular complexity index is 162. The molecule has 1 aliphatic rings. The second kappa shape index (κ2) is 8.08. The highest BCUT2D eigenvalue weighted by Crippen LogP contribution is 2.30. The zero-order valence-corrected chi connectivity index (χ0v) is 10.8. The molecule has 0 aromatic rings. The Morgan fingerprint density at radius 2 is 1.75 bits per heavy atom. The molecule has 2 nitrogen and oxygen atoms in total. The topological polar surface area (TPSA) is 29.5 Å². The molecule has 0 spiro atoms. The van der Waals surface area contributed by atoms with Crippen molar-refractivity contribution in [3.8, 4) is 0 Å². The Morgan fingerprint density at radius 1 is 1.06 bits per heavy atom. The first-order chi connectivity index (χ1) is 7.83. The molecule has 0 radical (unpaired) electrons. The van der Waals surface area contributed by atoms with Crippen LogP contribution in [0, 0.1) is 0 Å². The molecule has 96 valence electrons. The fourth-order valence-electron chi connectivity index (χ4n) is 2.56. The molecule has 0 amide bonds. The molecule has 0 aromatic heterocycles. The molecule has 1 saturated heterocycles. The van der Waals surface area contributed by atoms with Crippen LogP contribution in [0.15, 0.2) is 0 Å². The van der Waals surface area contributed by atoms with Gasteiger partial charge >= 0.3 is 0 Å². The average Bonchev–Trinajstić information content (AvgIpc) is 2.77. The van der Waals surface area contributed by atoms with Gasteiger partial charge < -0.3 is 9.84 Å². The molecule has 1 atom stereocenters. The molecule has 1 N–H and O–H groups in total. The molecule has 0 aliphatic carbocycles. The molecule has 1 rings (SSSR count). The monoisotopic (exact) mass is 228 g/mol. The first kappa shape index (κ1) is 14.0. The standard InChI is InChI=1S/C14H28O2/c1-2-3-4-5-6-7-8-10-14(13-15)11-9-12-16-14/h15H,2-13H2,1H3.